The maximum Gasteiger partial charge on any atom is 0.136 e. The van der Waals surface area contributed by atoms with Gasteiger partial charge in [-0.15, -0.1) is 0 Å². The lowest BCUT2D eigenvalue weighted by Crippen LogP contribution is -2.17. The van der Waals surface area contributed by atoms with Crippen molar-refractivity contribution in [2.45, 2.75) is 19.3 Å². The van der Waals surface area contributed by atoms with E-state index in [9.17, 15) is 0 Å². The predicted molar refractivity (Wildman–Crippen MR) is 248 cm³/mol. The number of hydrogen-bond acceptors (Lipinski definition) is 2. The van der Waals surface area contributed by atoms with Gasteiger partial charge in [0.15, 0.2) is 0 Å². The quantitative estimate of drug-likeness (QED) is 0.161. The maximum absolute atomic E-state index is 6.67. The molecule has 0 unspecified atom stereocenters. The van der Waals surface area contributed by atoms with Crippen molar-refractivity contribution in [3.8, 4) is 55.6 Å². The Bertz CT molecular complexity index is 3120. The fourth-order valence-electron chi connectivity index (χ4n) is 9.43. The number of benzene rings is 9. The van der Waals surface area contributed by atoms with Crippen LogP contribution < -0.4 is 4.90 Å². The number of fused-ring (bicyclic) bond motifs is 6. The molecule has 0 atom stereocenters. The van der Waals surface area contributed by atoms with Crippen LogP contribution in [0.3, 0.4) is 0 Å². The number of furan rings is 1. The molecule has 10 aromatic rings. The molecule has 9 aromatic carbocycles. The standard InChI is InChI=1S/C57H41NO/c1-57(2)50-28-16-14-25-46(50)47-31-30-43(37-51(47)57)58(44-35-41(38-18-6-3-7-19-38)34-42(36-44)39-20-8-4-9-21-39)52-32-33-54-56(49-27-15-17-29-53(49)59-54)55(52)48-26-13-12-24-45(48)40-22-10-5-11-23-40/h3-37H,1-2H3. The minimum atomic E-state index is -0.178. The van der Waals surface area contributed by atoms with E-state index >= 15 is 0 Å². The van der Waals surface area contributed by atoms with Crippen LogP contribution in [-0.2, 0) is 5.41 Å². The monoisotopic (exact) mass is 755 g/mol. The van der Waals surface area contributed by atoms with E-state index in [2.05, 4.69) is 231 Å². The normalized spacial score (nSPS) is 12.7. The van der Waals surface area contributed by atoms with Crippen molar-refractivity contribution in [3.05, 3.63) is 223 Å². The molecule has 0 N–H and O–H groups in total. The summed E-state index contributed by atoms with van der Waals surface area (Å²) in [5.41, 5.74) is 19.3. The molecular weight excluding hydrogens is 715 g/mol. The third kappa shape index (κ3) is 5.79. The van der Waals surface area contributed by atoms with Gasteiger partial charge < -0.3 is 9.32 Å². The van der Waals surface area contributed by atoms with Crippen LogP contribution in [0.1, 0.15) is 25.0 Å². The highest BCUT2D eigenvalue weighted by atomic mass is 16.3. The van der Waals surface area contributed by atoms with Crippen LogP contribution >= 0.6 is 0 Å². The lowest BCUT2D eigenvalue weighted by Gasteiger charge is -2.31. The minimum Gasteiger partial charge on any atom is -0.456 e. The molecule has 1 aliphatic carbocycles. The summed E-state index contributed by atoms with van der Waals surface area (Å²) in [5.74, 6) is 0. The van der Waals surface area contributed by atoms with E-state index in [4.69, 9.17) is 4.42 Å². The second-order valence-corrected chi connectivity index (χ2v) is 16.1. The van der Waals surface area contributed by atoms with E-state index in [1.807, 2.05) is 0 Å². The van der Waals surface area contributed by atoms with Gasteiger partial charge in [-0.3, -0.25) is 0 Å². The first-order valence-electron chi connectivity index (χ1n) is 20.4. The number of anilines is 3. The van der Waals surface area contributed by atoms with Gasteiger partial charge in [-0.05, 0) is 110 Å². The van der Waals surface area contributed by atoms with Crippen LogP contribution in [0.4, 0.5) is 17.1 Å². The molecule has 280 valence electrons. The van der Waals surface area contributed by atoms with Gasteiger partial charge >= 0.3 is 0 Å². The van der Waals surface area contributed by atoms with Crippen molar-refractivity contribution in [2.24, 2.45) is 0 Å². The summed E-state index contributed by atoms with van der Waals surface area (Å²) in [4.78, 5) is 2.50. The van der Waals surface area contributed by atoms with Gasteiger partial charge in [0.1, 0.15) is 11.2 Å². The fraction of sp³-hybridized carbons (Fsp3) is 0.0526. The second-order valence-electron chi connectivity index (χ2n) is 16.1. The molecule has 0 saturated heterocycles. The van der Waals surface area contributed by atoms with Gasteiger partial charge in [0.25, 0.3) is 0 Å². The maximum atomic E-state index is 6.67. The molecular formula is C57H41NO. The van der Waals surface area contributed by atoms with Crippen LogP contribution in [0, 0.1) is 0 Å². The average Bonchev–Trinajstić information content (AvgIpc) is 3.79. The Hall–Kier alpha value is -7.42. The molecule has 0 saturated carbocycles. The summed E-state index contributed by atoms with van der Waals surface area (Å²) >= 11 is 0. The van der Waals surface area contributed by atoms with Crippen LogP contribution in [0.25, 0.3) is 77.6 Å². The summed E-state index contributed by atoms with van der Waals surface area (Å²) in [7, 11) is 0. The van der Waals surface area contributed by atoms with Gasteiger partial charge in [0.2, 0.25) is 0 Å². The highest BCUT2D eigenvalue weighted by Crippen LogP contribution is 2.53. The van der Waals surface area contributed by atoms with Gasteiger partial charge in [-0.25, -0.2) is 0 Å². The Labute approximate surface area is 345 Å². The zero-order valence-electron chi connectivity index (χ0n) is 33.1. The van der Waals surface area contributed by atoms with Crippen LogP contribution in [0.5, 0.6) is 0 Å². The van der Waals surface area contributed by atoms with Crippen molar-refractivity contribution in [3.63, 3.8) is 0 Å². The topological polar surface area (TPSA) is 16.4 Å². The van der Waals surface area contributed by atoms with E-state index in [0.717, 1.165) is 61.3 Å². The molecule has 2 nitrogen and oxygen atoms in total. The SMILES string of the molecule is CC1(C)c2ccccc2-c2ccc(N(c3cc(-c4ccccc4)cc(-c4ccccc4)c3)c3ccc4oc5ccccc5c4c3-c3ccccc3-c3ccccc3)cc21. The molecule has 0 aliphatic heterocycles. The van der Waals surface area contributed by atoms with Crippen LogP contribution in [0.2, 0.25) is 0 Å². The Morgan fingerprint density at radius 1 is 0.373 bits per heavy atom. The second kappa shape index (κ2) is 13.9. The largest absolute Gasteiger partial charge is 0.456 e. The fourth-order valence-corrected chi connectivity index (χ4v) is 9.43. The van der Waals surface area contributed by atoms with Crippen molar-refractivity contribution < 1.29 is 4.42 Å². The predicted octanol–water partition coefficient (Wildman–Crippen LogP) is 16.0. The first-order chi connectivity index (χ1) is 29.0. The van der Waals surface area contributed by atoms with E-state index in [-0.39, 0.29) is 5.41 Å². The Morgan fingerprint density at radius 2 is 0.932 bits per heavy atom. The minimum absolute atomic E-state index is 0.178. The molecule has 0 spiro atoms. The molecule has 1 aromatic heterocycles. The highest BCUT2D eigenvalue weighted by molar-refractivity contribution is 6.18. The first-order valence-corrected chi connectivity index (χ1v) is 20.4. The van der Waals surface area contributed by atoms with Crippen LogP contribution in [0.15, 0.2) is 217 Å². The third-order valence-electron chi connectivity index (χ3n) is 12.3. The Kier molecular flexibility index (Phi) is 8.20. The van der Waals surface area contributed by atoms with E-state index < -0.39 is 0 Å². The first kappa shape index (κ1) is 34.8. The number of para-hydroxylation sites is 1. The lowest BCUT2D eigenvalue weighted by atomic mass is 9.82. The van der Waals surface area contributed by atoms with E-state index in [0.29, 0.717) is 0 Å². The van der Waals surface area contributed by atoms with E-state index in [1.165, 1.54) is 44.5 Å². The Balaban J connectivity index is 1.26. The van der Waals surface area contributed by atoms with Crippen LogP contribution in [-0.4, -0.2) is 0 Å². The smallest absolute Gasteiger partial charge is 0.136 e. The van der Waals surface area contributed by atoms with Gasteiger partial charge in [0.05, 0.1) is 5.69 Å². The van der Waals surface area contributed by atoms with Crippen molar-refractivity contribution >= 4 is 39.0 Å². The summed E-state index contributed by atoms with van der Waals surface area (Å²) in [5, 5.41) is 2.19. The zero-order chi connectivity index (χ0) is 39.5. The lowest BCUT2D eigenvalue weighted by molar-refractivity contribution is 0.660. The third-order valence-corrected chi connectivity index (χ3v) is 12.3. The summed E-state index contributed by atoms with van der Waals surface area (Å²) in [6.07, 6.45) is 0. The summed E-state index contributed by atoms with van der Waals surface area (Å²) < 4.78 is 6.67. The molecule has 11 rings (SSSR count). The number of nitrogens with zero attached hydrogens (tertiary/aromatic N) is 1. The van der Waals surface area contributed by atoms with Gasteiger partial charge in [0, 0.05) is 33.1 Å². The molecule has 1 heterocycles. The Morgan fingerprint density at radius 3 is 1.63 bits per heavy atom. The summed E-state index contributed by atoms with van der Waals surface area (Å²) in [6.45, 7) is 4.72. The average molecular weight is 756 g/mol. The molecule has 2 heteroatoms. The van der Waals surface area contributed by atoms with Crippen molar-refractivity contribution in [1.29, 1.82) is 0 Å². The van der Waals surface area contributed by atoms with Gasteiger partial charge in [-0.1, -0.05) is 178 Å². The molecule has 59 heavy (non-hydrogen) atoms. The molecule has 0 fully saturated rings. The van der Waals surface area contributed by atoms with Crippen molar-refractivity contribution in [2.75, 3.05) is 4.90 Å². The summed E-state index contributed by atoms with van der Waals surface area (Å²) in [6, 6.07) is 77.0. The number of hydrogen-bond donors (Lipinski definition) is 0. The molecule has 1 aliphatic rings. The molecule has 0 radical (unpaired) electrons. The van der Waals surface area contributed by atoms with E-state index in [1.54, 1.807) is 0 Å². The molecule has 0 bridgehead atoms. The highest BCUT2D eigenvalue weighted by Gasteiger charge is 2.36. The zero-order valence-corrected chi connectivity index (χ0v) is 33.1. The van der Waals surface area contributed by atoms with Crippen molar-refractivity contribution in [1.82, 2.24) is 0 Å². The molecule has 0 amide bonds. The number of rotatable bonds is 7. The van der Waals surface area contributed by atoms with Gasteiger partial charge in [-0.2, -0.15) is 0 Å².